The highest BCUT2D eigenvalue weighted by Gasteiger charge is 2.09. The predicted octanol–water partition coefficient (Wildman–Crippen LogP) is 1.64. The zero-order chi connectivity index (χ0) is 14.5. The predicted molar refractivity (Wildman–Crippen MR) is 80.7 cm³/mol. The quantitative estimate of drug-likeness (QED) is 0.838. The minimum absolute atomic E-state index is 0.145. The molecule has 0 atom stereocenters. The third-order valence-corrected chi connectivity index (χ3v) is 3.39. The summed E-state index contributed by atoms with van der Waals surface area (Å²) in [6, 6.07) is 7.82. The van der Waals surface area contributed by atoms with Crippen LogP contribution in [0.1, 0.15) is 12.5 Å². The number of benzene rings is 1. The maximum absolute atomic E-state index is 9.04. The van der Waals surface area contributed by atoms with E-state index < -0.39 is 0 Å². The molecule has 20 heavy (non-hydrogen) atoms. The van der Waals surface area contributed by atoms with E-state index in [0.717, 1.165) is 28.8 Å². The van der Waals surface area contributed by atoms with Gasteiger partial charge in [-0.1, -0.05) is 6.92 Å². The Morgan fingerprint density at radius 2 is 2.15 bits per heavy atom. The van der Waals surface area contributed by atoms with Gasteiger partial charge in [0.2, 0.25) is 0 Å². The third kappa shape index (κ3) is 3.18. The monoisotopic (exact) mass is 275 g/mol. The Hall–Kier alpha value is -1.85. The molecule has 0 fully saturated rings. The van der Waals surface area contributed by atoms with Crippen molar-refractivity contribution in [2.45, 2.75) is 13.5 Å². The van der Waals surface area contributed by atoms with Crippen molar-refractivity contribution in [2.24, 2.45) is 0 Å². The van der Waals surface area contributed by atoms with E-state index in [-0.39, 0.29) is 6.61 Å². The van der Waals surface area contributed by atoms with E-state index in [2.05, 4.69) is 22.9 Å². The van der Waals surface area contributed by atoms with Gasteiger partial charge < -0.3 is 15.6 Å². The average Bonchev–Trinajstić information content (AvgIpc) is 2.46. The van der Waals surface area contributed by atoms with Gasteiger partial charge in [0, 0.05) is 30.1 Å². The minimum atomic E-state index is 0.145. The summed E-state index contributed by atoms with van der Waals surface area (Å²) in [6.07, 6.45) is 0. The molecule has 0 saturated heterocycles. The lowest BCUT2D eigenvalue weighted by molar-refractivity contribution is 0.197. The minimum Gasteiger partial charge on any atom is -0.497 e. The van der Waals surface area contributed by atoms with Crippen molar-refractivity contribution >= 4 is 16.7 Å². The summed E-state index contributed by atoms with van der Waals surface area (Å²) in [5, 5.41) is 10.1. The van der Waals surface area contributed by atoms with E-state index >= 15 is 0 Å². The van der Waals surface area contributed by atoms with Crippen molar-refractivity contribution in [1.29, 1.82) is 0 Å². The number of anilines is 1. The second kappa shape index (κ2) is 6.54. The van der Waals surface area contributed by atoms with Crippen LogP contribution in [0.25, 0.3) is 10.9 Å². The number of hydrogen-bond acceptors (Lipinski definition) is 5. The summed E-state index contributed by atoms with van der Waals surface area (Å²) in [6.45, 7) is 4.40. The molecule has 2 rings (SSSR count). The van der Waals surface area contributed by atoms with Crippen LogP contribution in [-0.2, 0) is 6.54 Å². The molecule has 0 saturated carbocycles. The van der Waals surface area contributed by atoms with Gasteiger partial charge in [0.1, 0.15) is 11.6 Å². The lowest BCUT2D eigenvalue weighted by Crippen LogP contribution is -2.26. The number of nitrogens with two attached hydrogens (primary N) is 1. The van der Waals surface area contributed by atoms with Crippen molar-refractivity contribution < 1.29 is 9.84 Å². The van der Waals surface area contributed by atoms with Gasteiger partial charge in [-0.3, -0.25) is 4.90 Å². The molecule has 1 aromatic heterocycles. The maximum atomic E-state index is 9.04. The molecule has 0 unspecified atom stereocenters. The van der Waals surface area contributed by atoms with Gasteiger partial charge in [-0.25, -0.2) is 4.98 Å². The number of aliphatic hydroxyl groups excluding tert-OH is 1. The summed E-state index contributed by atoms with van der Waals surface area (Å²) in [5.41, 5.74) is 7.85. The molecule has 0 aliphatic heterocycles. The first-order chi connectivity index (χ1) is 9.67. The molecule has 0 aliphatic rings. The van der Waals surface area contributed by atoms with Gasteiger partial charge in [0.25, 0.3) is 0 Å². The summed E-state index contributed by atoms with van der Waals surface area (Å²) in [4.78, 5) is 6.57. The molecule has 0 aliphatic carbocycles. The van der Waals surface area contributed by atoms with Crippen LogP contribution in [0.2, 0.25) is 0 Å². The topological polar surface area (TPSA) is 71.6 Å². The highest BCUT2D eigenvalue weighted by atomic mass is 16.5. The summed E-state index contributed by atoms with van der Waals surface area (Å²) in [7, 11) is 1.63. The normalized spacial score (nSPS) is 11.2. The molecule has 5 heteroatoms. The molecule has 1 heterocycles. The first-order valence-electron chi connectivity index (χ1n) is 6.74. The molecule has 0 amide bonds. The lowest BCUT2D eigenvalue weighted by Gasteiger charge is -2.20. The van der Waals surface area contributed by atoms with Gasteiger partial charge in [0.05, 0.1) is 19.2 Å². The molecule has 5 nitrogen and oxygen atoms in total. The first-order valence-corrected chi connectivity index (χ1v) is 6.74. The van der Waals surface area contributed by atoms with Gasteiger partial charge >= 0.3 is 0 Å². The van der Waals surface area contributed by atoms with E-state index in [9.17, 15) is 0 Å². The Morgan fingerprint density at radius 3 is 2.80 bits per heavy atom. The molecule has 108 valence electrons. The van der Waals surface area contributed by atoms with Crippen LogP contribution in [0, 0.1) is 0 Å². The average molecular weight is 275 g/mol. The Morgan fingerprint density at radius 1 is 1.35 bits per heavy atom. The Balaban J connectivity index is 2.32. The molecular formula is C15H21N3O2. The molecular weight excluding hydrogens is 254 g/mol. The first kappa shape index (κ1) is 14.6. The number of pyridine rings is 1. The number of aromatic nitrogens is 1. The molecule has 1 aromatic carbocycles. The number of nitrogens with zero attached hydrogens (tertiary/aromatic N) is 2. The smallest absolute Gasteiger partial charge is 0.128 e. The van der Waals surface area contributed by atoms with Crippen molar-refractivity contribution in [1.82, 2.24) is 9.88 Å². The number of rotatable bonds is 6. The number of fused-ring (bicyclic) bond motifs is 1. The Bertz CT molecular complexity index is 587. The van der Waals surface area contributed by atoms with Crippen LogP contribution in [0.15, 0.2) is 24.3 Å². The van der Waals surface area contributed by atoms with Crippen LogP contribution in [0.5, 0.6) is 5.75 Å². The number of aliphatic hydroxyl groups is 1. The fraction of sp³-hybridized carbons (Fsp3) is 0.400. The van der Waals surface area contributed by atoms with E-state index in [1.54, 1.807) is 7.11 Å². The van der Waals surface area contributed by atoms with Gasteiger partial charge in [-0.15, -0.1) is 0 Å². The molecule has 0 spiro atoms. The van der Waals surface area contributed by atoms with E-state index in [1.165, 1.54) is 0 Å². The van der Waals surface area contributed by atoms with Crippen molar-refractivity contribution in [3.63, 3.8) is 0 Å². The van der Waals surface area contributed by atoms with Gasteiger partial charge in [-0.05, 0) is 24.7 Å². The Labute approximate surface area is 119 Å². The SMILES string of the molecule is CCN(CCO)Cc1cc2ccc(OC)cc2nc1N. The summed E-state index contributed by atoms with van der Waals surface area (Å²) >= 11 is 0. The fourth-order valence-corrected chi connectivity index (χ4v) is 2.19. The van der Waals surface area contributed by atoms with Crippen molar-refractivity contribution in [3.8, 4) is 5.75 Å². The number of likely N-dealkylation sites (N-methyl/N-ethyl adjacent to an activating group) is 1. The van der Waals surface area contributed by atoms with Crippen molar-refractivity contribution in [3.05, 3.63) is 29.8 Å². The standard InChI is InChI=1S/C15H21N3O2/c1-3-18(6-7-19)10-12-8-11-4-5-13(20-2)9-14(11)17-15(12)16/h4-5,8-9,19H,3,6-7,10H2,1-2H3,(H2,16,17). The zero-order valence-corrected chi connectivity index (χ0v) is 12.0. The molecule has 0 bridgehead atoms. The molecule has 2 aromatic rings. The van der Waals surface area contributed by atoms with E-state index in [1.807, 2.05) is 18.2 Å². The van der Waals surface area contributed by atoms with Gasteiger partial charge in [0.15, 0.2) is 0 Å². The maximum Gasteiger partial charge on any atom is 0.128 e. The van der Waals surface area contributed by atoms with Gasteiger partial charge in [-0.2, -0.15) is 0 Å². The van der Waals surface area contributed by atoms with Crippen LogP contribution in [0.4, 0.5) is 5.82 Å². The number of ether oxygens (including phenoxy) is 1. The van der Waals surface area contributed by atoms with Crippen LogP contribution >= 0.6 is 0 Å². The van der Waals surface area contributed by atoms with Crippen LogP contribution in [-0.4, -0.2) is 41.8 Å². The van der Waals surface area contributed by atoms with E-state index in [0.29, 0.717) is 18.9 Å². The number of hydrogen-bond donors (Lipinski definition) is 2. The second-order valence-corrected chi connectivity index (χ2v) is 4.68. The number of nitrogen functional groups attached to an aromatic ring is 1. The number of methoxy groups -OCH3 is 1. The lowest BCUT2D eigenvalue weighted by atomic mass is 10.1. The van der Waals surface area contributed by atoms with Crippen molar-refractivity contribution in [2.75, 3.05) is 32.5 Å². The van der Waals surface area contributed by atoms with E-state index in [4.69, 9.17) is 15.6 Å². The van der Waals surface area contributed by atoms with Crippen LogP contribution in [0.3, 0.4) is 0 Å². The summed E-state index contributed by atoms with van der Waals surface area (Å²) in [5.74, 6) is 1.30. The third-order valence-electron chi connectivity index (χ3n) is 3.39. The van der Waals surface area contributed by atoms with Crippen LogP contribution < -0.4 is 10.5 Å². The highest BCUT2D eigenvalue weighted by Crippen LogP contribution is 2.23. The molecule has 0 radical (unpaired) electrons. The fourth-order valence-electron chi connectivity index (χ4n) is 2.19. The Kier molecular flexibility index (Phi) is 4.76. The second-order valence-electron chi connectivity index (χ2n) is 4.68. The highest BCUT2D eigenvalue weighted by molar-refractivity contribution is 5.82. The zero-order valence-electron chi connectivity index (χ0n) is 12.0. The largest absolute Gasteiger partial charge is 0.497 e. The summed E-state index contributed by atoms with van der Waals surface area (Å²) < 4.78 is 5.19. The molecule has 3 N–H and O–H groups in total.